The molecule has 1 heterocycles. The Morgan fingerprint density at radius 2 is 1.52 bits per heavy atom. The van der Waals surface area contributed by atoms with Gasteiger partial charge in [-0.25, -0.2) is 0 Å². The molecule has 2 aromatic rings. The van der Waals surface area contributed by atoms with Crippen LogP contribution in [0.4, 0.5) is 0 Å². The van der Waals surface area contributed by atoms with E-state index in [1.54, 1.807) is 0 Å². The summed E-state index contributed by atoms with van der Waals surface area (Å²) in [5.41, 5.74) is 2.13. The van der Waals surface area contributed by atoms with Crippen LogP contribution in [-0.2, 0) is 32.2 Å². The quantitative estimate of drug-likeness (QED) is 0.797. The molecule has 4 atom stereocenters. The number of aliphatic hydroxyl groups is 1. The van der Waals surface area contributed by atoms with Crippen LogP contribution in [0.5, 0.6) is 0 Å². The maximum atomic E-state index is 10.4. The standard InChI is InChI=1S/C20H24O5/c1-22-20-18(21)19(24-13-16-10-6-3-7-11-16)17(25-20)14-23-12-15-8-4-2-5-9-15/h2-11,17-21H,12-14H2,1H3/t17-,18+,19?,20-/m1/s1. The summed E-state index contributed by atoms with van der Waals surface area (Å²) in [5, 5.41) is 10.4. The van der Waals surface area contributed by atoms with Crippen molar-refractivity contribution in [3.05, 3.63) is 71.8 Å². The van der Waals surface area contributed by atoms with Crippen molar-refractivity contribution in [3.63, 3.8) is 0 Å². The summed E-state index contributed by atoms with van der Waals surface area (Å²) in [6.45, 7) is 1.21. The predicted molar refractivity (Wildman–Crippen MR) is 92.8 cm³/mol. The smallest absolute Gasteiger partial charge is 0.186 e. The van der Waals surface area contributed by atoms with Gasteiger partial charge in [-0.05, 0) is 11.1 Å². The van der Waals surface area contributed by atoms with Gasteiger partial charge < -0.3 is 24.1 Å². The first-order chi connectivity index (χ1) is 12.3. The van der Waals surface area contributed by atoms with Crippen molar-refractivity contribution >= 4 is 0 Å². The fourth-order valence-electron chi connectivity index (χ4n) is 2.87. The van der Waals surface area contributed by atoms with Crippen LogP contribution in [0.3, 0.4) is 0 Å². The molecule has 1 aliphatic heterocycles. The Morgan fingerprint density at radius 3 is 2.12 bits per heavy atom. The summed E-state index contributed by atoms with van der Waals surface area (Å²) in [6, 6.07) is 19.8. The lowest BCUT2D eigenvalue weighted by Crippen LogP contribution is -2.37. The molecule has 1 saturated heterocycles. The van der Waals surface area contributed by atoms with Crippen LogP contribution in [-0.4, -0.2) is 43.4 Å². The van der Waals surface area contributed by atoms with E-state index in [1.807, 2.05) is 60.7 Å². The first kappa shape index (κ1) is 18.0. The lowest BCUT2D eigenvalue weighted by molar-refractivity contribution is -0.156. The van der Waals surface area contributed by atoms with Gasteiger partial charge in [0.05, 0.1) is 19.8 Å². The zero-order valence-corrected chi connectivity index (χ0v) is 14.3. The van der Waals surface area contributed by atoms with E-state index in [9.17, 15) is 5.11 Å². The molecule has 0 spiro atoms. The van der Waals surface area contributed by atoms with Crippen LogP contribution in [0.2, 0.25) is 0 Å². The molecule has 0 radical (unpaired) electrons. The minimum atomic E-state index is -0.848. The molecule has 0 amide bonds. The lowest BCUT2D eigenvalue weighted by atomic mass is 10.1. The third kappa shape index (κ3) is 4.87. The van der Waals surface area contributed by atoms with Crippen LogP contribution in [0, 0.1) is 0 Å². The Morgan fingerprint density at radius 1 is 0.920 bits per heavy atom. The van der Waals surface area contributed by atoms with E-state index in [-0.39, 0.29) is 6.10 Å². The van der Waals surface area contributed by atoms with Gasteiger partial charge >= 0.3 is 0 Å². The summed E-state index contributed by atoms with van der Waals surface area (Å²) >= 11 is 0. The molecule has 0 aromatic heterocycles. The van der Waals surface area contributed by atoms with Gasteiger partial charge in [0.1, 0.15) is 18.3 Å². The van der Waals surface area contributed by atoms with E-state index in [2.05, 4.69) is 0 Å². The molecule has 134 valence electrons. The van der Waals surface area contributed by atoms with E-state index in [4.69, 9.17) is 18.9 Å². The highest BCUT2D eigenvalue weighted by Crippen LogP contribution is 2.26. The second-order valence-electron chi connectivity index (χ2n) is 6.03. The largest absolute Gasteiger partial charge is 0.385 e. The van der Waals surface area contributed by atoms with Crippen molar-refractivity contribution in [1.29, 1.82) is 0 Å². The van der Waals surface area contributed by atoms with Gasteiger partial charge in [0.15, 0.2) is 6.29 Å². The molecule has 0 aliphatic carbocycles. The lowest BCUT2D eigenvalue weighted by Gasteiger charge is -2.20. The SMILES string of the molecule is CO[C@@H]1O[C@H](COCc2ccccc2)C(OCc2ccccc2)[C@@H]1O. The van der Waals surface area contributed by atoms with Gasteiger partial charge in [0.25, 0.3) is 0 Å². The number of hydrogen-bond acceptors (Lipinski definition) is 5. The highest BCUT2D eigenvalue weighted by molar-refractivity contribution is 5.14. The van der Waals surface area contributed by atoms with Crippen molar-refractivity contribution in [3.8, 4) is 0 Å². The van der Waals surface area contributed by atoms with Gasteiger partial charge in [-0.15, -0.1) is 0 Å². The molecule has 5 heteroatoms. The monoisotopic (exact) mass is 344 g/mol. The molecular formula is C20H24O5. The Bertz CT molecular complexity index is 618. The molecule has 1 unspecified atom stereocenters. The average Bonchev–Trinajstić information content (AvgIpc) is 2.97. The fraction of sp³-hybridized carbons (Fsp3) is 0.400. The van der Waals surface area contributed by atoms with E-state index < -0.39 is 18.5 Å². The van der Waals surface area contributed by atoms with Crippen molar-refractivity contribution in [1.82, 2.24) is 0 Å². The van der Waals surface area contributed by atoms with Crippen molar-refractivity contribution in [2.45, 2.75) is 37.8 Å². The van der Waals surface area contributed by atoms with E-state index in [0.717, 1.165) is 11.1 Å². The number of hydrogen-bond donors (Lipinski definition) is 1. The zero-order chi connectivity index (χ0) is 17.5. The first-order valence-electron chi connectivity index (χ1n) is 8.41. The Labute approximate surface area is 148 Å². The number of rotatable bonds is 8. The van der Waals surface area contributed by atoms with Gasteiger partial charge in [0.2, 0.25) is 0 Å². The minimum Gasteiger partial charge on any atom is -0.385 e. The second kappa shape index (κ2) is 9.08. The summed E-state index contributed by atoms with van der Waals surface area (Å²) < 4.78 is 22.6. The van der Waals surface area contributed by atoms with Crippen molar-refractivity contribution in [2.24, 2.45) is 0 Å². The molecule has 1 fully saturated rings. The molecule has 0 saturated carbocycles. The zero-order valence-electron chi connectivity index (χ0n) is 14.3. The van der Waals surface area contributed by atoms with Crippen LogP contribution >= 0.6 is 0 Å². The van der Waals surface area contributed by atoms with Gasteiger partial charge in [0, 0.05) is 7.11 Å². The van der Waals surface area contributed by atoms with Crippen molar-refractivity contribution in [2.75, 3.05) is 13.7 Å². The maximum absolute atomic E-state index is 10.4. The Hall–Kier alpha value is -1.76. The van der Waals surface area contributed by atoms with Gasteiger partial charge in [-0.3, -0.25) is 0 Å². The summed E-state index contributed by atoms with van der Waals surface area (Å²) in [6.07, 6.45) is -2.43. The second-order valence-corrected chi connectivity index (χ2v) is 6.03. The summed E-state index contributed by atoms with van der Waals surface area (Å²) in [4.78, 5) is 0. The van der Waals surface area contributed by atoms with Crippen molar-refractivity contribution < 1.29 is 24.1 Å². The molecule has 5 nitrogen and oxygen atoms in total. The predicted octanol–water partition coefficient (Wildman–Crippen LogP) is 2.52. The molecular weight excluding hydrogens is 320 g/mol. The van der Waals surface area contributed by atoms with Crippen LogP contribution in [0.1, 0.15) is 11.1 Å². The van der Waals surface area contributed by atoms with Crippen LogP contribution in [0.25, 0.3) is 0 Å². The Kier molecular flexibility index (Phi) is 6.55. The number of aliphatic hydroxyl groups excluding tert-OH is 1. The third-order valence-electron chi connectivity index (χ3n) is 4.20. The normalized spacial score (nSPS) is 26.0. The molecule has 3 rings (SSSR count). The highest BCUT2D eigenvalue weighted by Gasteiger charge is 2.44. The molecule has 1 aliphatic rings. The molecule has 1 N–H and O–H groups in total. The van der Waals surface area contributed by atoms with Crippen LogP contribution in [0.15, 0.2) is 60.7 Å². The summed E-state index contributed by atoms with van der Waals surface area (Å²) in [5.74, 6) is 0. The molecule has 2 aromatic carbocycles. The maximum Gasteiger partial charge on any atom is 0.186 e. The number of benzene rings is 2. The minimum absolute atomic E-state index is 0.325. The third-order valence-corrected chi connectivity index (χ3v) is 4.20. The molecule has 0 bridgehead atoms. The van der Waals surface area contributed by atoms with E-state index >= 15 is 0 Å². The first-order valence-corrected chi connectivity index (χ1v) is 8.41. The highest BCUT2D eigenvalue weighted by atomic mass is 16.7. The van der Waals surface area contributed by atoms with Gasteiger partial charge in [-0.2, -0.15) is 0 Å². The van der Waals surface area contributed by atoms with Crippen LogP contribution < -0.4 is 0 Å². The number of methoxy groups -OCH3 is 1. The fourth-order valence-corrected chi connectivity index (χ4v) is 2.87. The van der Waals surface area contributed by atoms with E-state index in [1.165, 1.54) is 7.11 Å². The Balaban J connectivity index is 1.55. The number of ether oxygens (including phenoxy) is 4. The summed E-state index contributed by atoms with van der Waals surface area (Å²) in [7, 11) is 1.51. The molecule has 25 heavy (non-hydrogen) atoms. The van der Waals surface area contributed by atoms with E-state index in [0.29, 0.717) is 19.8 Å². The van der Waals surface area contributed by atoms with Gasteiger partial charge in [-0.1, -0.05) is 60.7 Å². The topological polar surface area (TPSA) is 57.2 Å². The average molecular weight is 344 g/mol.